The molecule has 0 radical (unpaired) electrons. The number of alkyl halides is 2. The highest BCUT2D eigenvalue weighted by molar-refractivity contribution is 7.99. The molecule has 1 aromatic heterocycles. The summed E-state index contributed by atoms with van der Waals surface area (Å²) in [5.41, 5.74) is 0.514. The molecule has 6 nitrogen and oxygen atoms in total. The number of anilines is 1. The molecule has 0 aliphatic heterocycles. The number of esters is 1. The smallest absolute Gasteiger partial charge is 0.342 e. The minimum atomic E-state index is -2.52. The zero-order chi connectivity index (χ0) is 19.3. The van der Waals surface area contributed by atoms with Gasteiger partial charge in [-0.2, -0.15) is 8.78 Å². The third kappa shape index (κ3) is 5.30. The van der Waals surface area contributed by atoms with Crippen molar-refractivity contribution in [3.05, 3.63) is 47.4 Å². The van der Waals surface area contributed by atoms with Crippen molar-refractivity contribution >= 4 is 29.3 Å². The molecular weight excluding hydrogens is 368 g/mol. The van der Waals surface area contributed by atoms with Crippen LogP contribution in [0, 0.1) is 6.92 Å². The van der Waals surface area contributed by atoms with E-state index >= 15 is 0 Å². The first-order valence-electron chi connectivity index (χ1n) is 7.57. The van der Waals surface area contributed by atoms with Crippen LogP contribution in [-0.4, -0.2) is 28.8 Å². The number of rotatable bonds is 7. The van der Waals surface area contributed by atoms with Crippen LogP contribution in [0.3, 0.4) is 0 Å². The Hall–Kier alpha value is -2.39. The molecule has 0 aliphatic rings. The van der Waals surface area contributed by atoms with Crippen molar-refractivity contribution in [2.24, 2.45) is 0 Å². The summed E-state index contributed by atoms with van der Waals surface area (Å²) in [4.78, 5) is 24.6. The number of ether oxygens (including phenoxy) is 1. The molecule has 140 valence electrons. The number of hydrogen-bond acceptors (Lipinski definition) is 6. The minimum Gasteiger partial charge on any atom is -0.463 e. The number of carbonyl (C=O) groups excluding carboxylic acids is 2. The highest BCUT2D eigenvalue weighted by Crippen LogP contribution is 2.26. The van der Waals surface area contributed by atoms with Gasteiger partial charge in [0.1, 0.15) is 23.7 Å². The van der Waals surface area contributed by atoms with E-state index in [0.717, 1.165) is 0 Å². The van der Waals surface area contributed by atoms with Gasteiger partial charge < -0.3 is 19.6 Å². The number of thioether (sulfide) groups is 1. The summed E-state index contributed by atoms with van der Waals surface area (Å²) in [6, 6.07) is 7.21. The number of nitrogens with one attached hydrogen (secondary N) is 1. The second-order valence-electron chi connectivity index (χ2n) is 5.28. The van der Waals surface area contributed by atoms with E-state index < -0.39 is 23.7 Å². The predicted octanol–water partition coefficient (Wildman–Crippen LogP) is 3.58. The molecule has 0 aliphatic carbocycles. The number of amides is 1. The van der Waals surface area contributed by atoms with Crippen LogP contribution >= 0.6 is 11.8 Å². The molecular formula is C17H17F2NO5S. The summed E-state index contributed by atoms with van der Waals surface area (Å²) >= 11 is 0.401. The lowest BCUT2D eigenvalue weighted by Gasteiger charge is -2.13. The first kappa shape index (κ1) is 19.9. The molecule has 0 spiro atoms. The molecule has 0 bridgehead atoms. The topological polar surface area (TPSA) is 88.8 Å². The fourth-order valence-electron chi connectivity index (χ4n) is 2.07. The molecule has 0 unspecified atom stereocenters. The summed E-state index contributed by atoms with van der Waals surface area (Å²) < 4.78 is 34.8. The zero-order valence-electron chi connectivity index (χ0n) is 14.0. The molecule has 2 aromatic rings. The third-order valence-corrected chi connectivity index (χ3v) is 4.07. The van der Waals surface area contributed by atoms with Crippen LogP contribution in [0.1, 0.15) is 28.8 Å². The summed E-state index contributed by atoms with van der Waals surface area (Å²) in [5.74, 6) is -3.35. The van der Waals surface area contributed by atoms with Gasteiger partial charge in [-0.3, -0.25) is 4.79 Å². The monoisotopic (exact) mass is 385 g/mol. The molecule has 1 amide bonds. The van der Waals surface area contributed by atoms with Crippen LogP contribution in [0.25, 0.3) is 0 Å². The van der Waals surface area contributed by atoms with Crippen molar-refractivity contribution in [1.29, 1.82) is 0 Å². The molecule has 2 rings (SSSR count). The molecule has 1 heterocycles. The SMILES string of the molecule is Cc1oc(CO)cc1C(=O)O[C@@H](C)C(=O)Nc1ccc(SC(F)F)cc1. The van der Waals surface area contributed by atoms with E-state index in [9.17, 15) is 18.4 Å². The van der Waals surface area contributed by atoms with Gasteiger partial charge in [0, 0.05) is 10.6 Å². The molecule has 9 heteroatoms. The van der Waals surface area contributed by atoms with E-state index in [1.807, 2.05) is 0 Å². The van der Waals surface area contributed by atoms with E-state index in [2.05, 4.69) is 5.32 Å². The summed E-state index contributed by atoms with van der Waals surface area (Å²) in [6.07, 6.45) is -1.09. The van der Waals surface area contributed by atoms with Gasteiger partial charge in [-0.25, -0.2) is 4.79 Å². The Labute approximate surface area is 152 Å². The van der Waals surface area contributed by atoms with Crippen LogP contribution in [0.2, 0.25) is 0 Å². The molecule has 26 heavy (non-hydrogen) atoms. The number of carbonyl (C=O) groups is 2. The first-order chi connectivity index (χ1) is 12.3. The van der Waals surface area contributed by atoms with Crippen LogP contribution in [0.15, 0.2) is 39.6 Å². The molecule has 0 saturated carbocycles. The quantitative estimate of drug-likeness (QED) is 0.559. The summed E-state index contributed by atoms with van der Waals surface area (Å²) in [6.45, 7) is 2.58. The highest BCUT2D eigenvalue weighted by atomic mass is 32.2. The standard InChI is InChI=1S/C17H17F2NO5S/c1-9-14(7-12(8-21)24-9)16(23)25-10(2)15(22)20-11-3-5-13(6-4-11)26-17(18)19/h3-7,10,17,21H,8H2,1-2H3,(H,20,22)/t10-/m0/s1. The van der Waals surface area contributed by atoms with Gasteiger partial charge in [0.15, 0.2) is 6.10 Å². The third-order valence-electron chi connectivity index (χ3n) is 3.34. The highest BCUT2D eigenvalue weighted by Gasteiger charge is 2.22. The average Bonchev–Trinajstić information content (AvgIpc) is 2.97. The number of furan rings is 1. The Kier molecular flexibility index (Phi) is 6.76. The largest absolute Gasteiger partial charge is 0.463 e. The number of hydrogen-bond donors (Lipinski definition) is 2. The lowest BCUT2D eigenvalue weighted by Crippen LogP contribution is -2.30. The Balaban J connectivity index is 1.94. The zero-order valence-corrected chi connectivity index (χ0v) is 14.8. The van der Waals surface area contributed by atoms with Crippen molar-refractivity contribution in [3.63, 3.8) is 0 Å². The number of benzene rings is 1. The predicted molar refractivity (Wildman–Crippen MR) is 91.2 cm³/mol. The van der Waals surface area contributed by atoms with Crippen molar-refractivity contribution in [2.75, 3.05) is 5.32 Å². The summed E-state index contributed by atoms with van der Waals surface area (Å²) in [5, 5.41) is 11.5. The van der Waals surface area contributed by atoms with Gasteiger partial charge in [-0.15, -0.1) is 0 Å². The van der Waals surface area contributed by atoms with E-state index in [1.165, 1.54) is 37.3 Å². The van der Waals surface area contributed by atoms with Crippen LogP contribution in [0.5, 0.6) is 0 Å². The van der Waals surface area contributed by atoms with Crippen molar-refractivity contribution in [1.82, 2.24) is 0 Å². The second-order valence-corrected chi connectivity index (χ2v) is 6.34. The van der Waals surface area contributed by atoms with Crippen LogP contribution in [0.4, 0.5) is 14.5 Å². The van der Waals surface area contributed by atoms with E-state index in [-0.39, 0.29) is 23.7 Å². The lowest BCUT2D eigenvalue weighted by atomic mass is 10.2. The number of halogens is 2. The van der Waals surface area contributed by atoms with E-state index in [4.69, 9.17) is 14.3 Å². The molecule has 2 N–H and O–H groups in total. The van der Waals surface area contributed by atoms with Crippen molar-refractivity contribution in [2.45, 2.75) is 37.2 Å². The normalized spacial score (nSPS) is 12.1. The van der Waals surface area contributed by atoms with Gasteiger partial charge in [0.2, 0.25) is 0 Å². The molecule has 0 saturated heterocycles. The van der Waals surface area contributed by atoms with Gasteiger partial charge in [0.25, 0.3) is 11.7 Å². The fraction of sp³-hybridized carbons (Fsp3) is 0.294. The van der Waals surface area contributed by atoms with Gasteiger partial charge >= 0.3 is 5.97 Å². The average molecular weight is 385 g/mol. The lowest BCUT2D eigenvalue weighted by molar-refractivity contribution is -0.123. The maximum atomic E-state index is 12.3. The fourth-order valence-corrected chi connectivity index (χ4v) is 2.56. The second kappa shape index (κ2) is 8.81. The minimum absolute atomic E-state index is 0.127. The Morgan fingerprint density at radius 3 is 2.50 bits per heavy atom. The van der Waals surface area contributed by atoms with Gasteiger partial charge in [-0.1, -0.05) is 11.8 Å². The summed E-state index contributed by atoms with van der Waals surface area (Å²) in [7, 11) is 0. The van der Waals surface area contributed by atoms with Crippen LogP contribution < -0.4 is 5.32 Å². The Morgan fingerprint density at radius 2 is 1.96 bits per heavy atom. The first-order valence-corrected chi connectivity index (χ1v) is 8.45. The molecule has 1 atom stereocenters. The van der Waals surface area contributed by atoms with E-state index in [1.54, 1.807) is 6.92 Å². The Bertz CT molecular complexity index is 776. The maximum Gasteiger partial charge on any atom is 0.342 e. The van der Waals surface area contributed by atoms with Crippen molar-refractivity contribution < 1.29 is 32.6 Å². The number of aliphatic hydroxyl groups excluding tert-OH is 1. The molecule has 1 aromatic carbocycles. The van der Waals surface area contributed by atoms with Crippen molar-refractivity contribution in [3.8, 4) is 0 Å². The van der Waals surface area contributed by atoms with E-state index in [0.29, 0.717) is 22.3 Å². The number of aryl methyl sites for hydroxylation is 1. The maximum absolute atomic E-state index is 12.3. The van der Waals surface area contributed by atoms with Gasteiger partial charge in [0.05, 0.1) is 0 Å². The van der Waals surface area contributed by atoms with Gasteiger partial charge in [-0.05, 0) is 44.2 Å². The van der Waals surface area contributed by atoms with Crippen LogP contribution in [-0.2, 0) is 16.1 Å². The molecule has 0 fully saturated rings. The number of aliphatic hydroxyl groups is 1. The Morgan fingerprint density at radius 1 is 1.31 bits per heavy atom.